The van der Waals surface area contributed by atoms with Crippen molar-refractivity contribution in [1.29, 1.82) is 0 Å². The summed E-state index contributed by atoms with van der Waals surface area (Å²) in [5, 5.41) is 9.14. The summed E-state index contributed by atoms with van der Waals surface area (Å²) in [6.07, 6.45) is 0.788. The Balaban J connectivity index is 1.58. The smallest absolute Gasteiger partial charge is 0.343 e. The van der Waals surface area contributed by atoms with Crippen molar-refractivity contribution in [2.45, 2.75) is 6.42 Å². The summed E-state index contributed by atoms with van der Waals surface area (Å²) in [6.45, 7) is 0.528. The number of carbonyl (C=O) groups excluding carboxylic acids is 1. The van der Waals surface area contributed by atoms with E-state index in [4.69, 9.17) is 14.6 Å². The average molecular weight is 362 g/mol. The highest BCUT2D eigenvalue weighted by Gasteiger charge is 2.15. The van der Waals surface area contributed by atoms with Gasteiger partial charge in [-0.25, -0.2) is 9.59 Å². The number of hydrogen-bond donors (Lipinski definition) is 1. The van der Waals surface area contributed by atoms with Crippen LogP contribution in [0.25, 0.3) is 0 Å². The molecule has 0 amide bonds. The van der Waals surface area contributed by atoms with Gasteiger partial charge in [0.05, 0.1) is 12.2 Å². The number of para-hydroxylation sites is 1. The van der Waals surface area contributed by atoms with Gasteiger partial charge in [0.25, 0.3) is 0 Å². The van der Waals surface area contributed by atoms with Gasteiger partial charge < -0.3 is 14.6 Å². The number of rotatable bonds is 7. The Labute approximate surface area is 156 Å². The fourth-order valence-electron chi connectivity index (χ4n) is 2.51. The van der Waals surface area contributed by atoms with Crippen LogP contribution in [0, 0.1) is 0 Å². The van der Waals surface area contributed by atoms with Crippen molar-refractivity contribution >= 4 is 11.9 Å². The highest BCUT2D eigenvalue weighted by atomic mass is 16.5. The minimum Gasteiger partial charge on any atom is -0.493 e. The van der Waals surface area contributed by atoms with Gasteiger partial charge in [0.1, 0.15) is 17.1 Å². The van der Waals surface area contributed by atoms with Gasteiger partial charge in [-0.15, -0.1) is 0 Å². The predicted octanol–water partition coefficient (Wildman–Crippen LogP) is 4.23. The number of aromatic carboxylic acids is 1. The normalized spacial score (nSPS) is 10.2. The van der Waals surface area contributed by atoms with E-state index in [9.17, 15) is 9.59 Å². The highest BCUT2D eigenvalue weighted by Crippen LogP contribution is 2.20. The molecule has 0 aromatic heterocycles. The third-order valence-corrected chi connectivity index (χ3v) is 3.91. The summed E-state index contributed by atoms with van der Waals surface area (Å²) in [7, 11) is 0. The van der Waals surface area contributed by atoms with E-state index in [2.05, 4.69) is 0 Å². The lowest BCUT2D eigenvalue weighted by Crippen LogP contribution is -2.11. The molecule has 3 aromatic rings. The maximum atomic E-state index is 12.2. The van der Waals surface area contributed by atoms with Gasteiger partial charge in [0, 0.05) is 6.42 Å². The first-order valence-electron chi connectivity index (χ1n) is 8.45. The standard InChI is InChI=1S/C22H18O5/c23-21(24)19-8-4-5-9-20(19)27-22(25)17-10-12-18(13-11-17)26-15-14-16-6-2-1-3-7-16/h1-13H,14-15H2,(H,23,24). The third-order valence-electron chi connectivity index (χ3n) is 3.91. The van der Waals surface area contributed by atoms with E-state index < -0.39 is 11.9 Å². The molecule has 0 radical (unpaired) electrons. The predicted molar refractivity (Wildman–Crippen MR) is 100 cm³/mol. The maximum Gasteiger partial charge on any atom is 0.343 e. The molecule has 27 heavy (non-hydrogen) atoms. The van der Waals surface area contributed by atoms with Gasteiger partial charge in [0.15, 0.2) is 0 Å². The number of benzene rings is 3. The Hall–Kier alpha value is -3.60. The molecule has 0 fully saturated rings. The largest absolute Gasteiger partial charge is 0.493 e. The van der Waals surface area contributed by atoms with Gasteiger partial charge in [-0.1, -0.05) is 42.5 Å². The van der Waals surface area contributed by atoms with Crippen LogP contribution < -0.4 is 9.47 Å². The molecular formula is C22H18O5. The second-order valence-electron chi connectivity index (χ2n) is 5.80. The van der Waals surface area contributed by atoms with E-state index in [-0.39, 0.29) is 11.3 Å². The van der Waals surface area contributed by atoms with Crippen LogP contribution in [0.4, 0.5) is 0 Å². The summed E-state index contributed by atoms with van der Waals surface area (Å²) in [5.41, 5.74) is 1.44. The Morgan fingerprint density at radius 2 is 1.48 bits per heavy atom. The molecule has 0 aliphatic rings. The Morgan fingerprint density at radius 1 is 0.815 bits per heavy atom. The van der Waals surface area contributed by atoms with E-state index in [1.54, 1.807) is 36.4 Å². The van der Waals surface area contributed by atoms with Crippen LogP contribution in [0.1, 0.15) is 26.3 Å². The molecule has 0 bridgehead atoms. The summed E-state index contributed by atoms with van der Waals surface area (Å²) in [6, 6.07) is 22.6. The van der Waals surface area contributed by atoms with Crippen molar-refractivity contribution in [3.05, 3.63) is 95.6 Å². The second-order valence-corrected chi connectivity index (χ2v) is 5.80. The van der Waals surface area contributed by atoms with Crippen LogP contribution in [0.5, 0.6) is 11.5 Å². The maximum absolute atomic E-state index is 12.2. The molecule has 0 unspecified atom stereocenters. The molecule has 1 N–H and O–H groups in total. The molecule has 0 aliphatic heterocycles. The van der Waals surface area contributed by atoms with Gasteiger partial charge in [-0.3, -0.25) is 0 Å². The molecule has 0 spiro atoms. The van der Waals surface area contributed by atoms with E-state index in [1.165, 1.54) is 17.7 Å². The van der Waals surface area contributed by atoms with E-state index in [1.807, 2.05) is 30.3 Å². The van der Waals surface area contributed by atoms with Crippen LogP contribution in [0.3, 0.4) is 0 Å². The Morgan fingerprint density at radius 3 is 2.19 bits per heavy atom. The highest BCUT2D eigenvalue weighted by molar-refractivity contribution is 5.95. The lowest BCUT2D eigenvalue weighted by Gasteiger charge is -2.09. The zero-order valence-corrected chi connectivity index (χ0v) is 14.5. The van der Waals surface area contributed by atoms with Crippen molar-refractivity contribution in [2.75, 3.05) is 6.61 Å². The first-order chi connectivity index (χ1) is 13.1. The monoisotopic (exact) mass is 362 g/mol. The average Bonchev–Trinajstić information content (AvgIpc) is 2.69. The van der Waals surface area contributed by atoms with Crippen LogP contribution in [-0.2, 0) is 6.42 Å². The van der Waals surface area contributed by atoms with Crippen molar-refractivity contribution < 1.29 is 24.2 Å². The summed E-state index contributed by atoms with van der Waals surface area (Å²) in [5.74, 6) is -1.12. The molecule has 0 heterocycles. The lowest BCUT2D eigenvalue weighted by molar-refractivity contribution is 0.0681. The van der Waals surface area contributed by atoms with Gasteiger partial charge in [-0.2, -0.15) is 0 Å². The molecule has 136 valence electrons. The number of esters is 1. The van der Waals surface area contributed by atoms with Gasteiger partial charge in [-0.05, 0) is 42.0 Å². The Kier molecular flexibility index (Phi) is 5.84. The molecule has 0 aliphatic carbocycles. The number of carboxylic acid groups (broad SMARTS) is 1. The SMILES string of the molecule is O=C(Oc1ccccc1C(=O)O)c1ccc(OCCc2ccccc2)cc1. The van der Waals surface area contributed by atoms with Gasteiger partial charge in [0.2, 0.25) is 0 Å². The lowest BCUT2D eigenvalue weighted by atomic mass is 10.2. The van der Waals surface area contributed by atoms with Crippen LogP contribution in [-0.4, -0.2) is 23.7 Å². The molecule has 5 nitrogen and oxygen atoms in total. The van der Waals surface area contributed by atoms with Crippen LogP contribution in [0.2, 0.25) is 0 Å². The molecule has 0 saturated heterocycles. The molecule has 5 heteroatoms. The van der Waals surface area contributed by atoms with Crippen LogP contribution in [0.15, 0.2) is 78.9 Å². The van der Waals surface area contributed by atoms with Gasteiger partial charge >= 0.3 is 11.9 Å². The zero-order valence-electron chi connectivity index (χ0n) is 14.5. The first kappa shape index (κ1) is 18.2. The number of carbonyl (C=O) groups is 2. The topological polar surface area (TPSA) is 72.8 Å². The van der Waals surface area contributed by atoms with E-state index >= 15 is 0 Å². The fraction of sp³-hybridized carbons (Fsp3) is 0.0909. The molecule has 3 rings (SSSR count). The molecule has 0 saturated carbocycles. The minimum atomic E-state index is -1.15. The van der Waals surface area contributed by atoms with Crippen molar-refractivity contribution in [1.82, 2.24) is 0 Å². The minimum absolute atomic E-state index is 0.0122. The number of hydrogen-bond acceptors (Lipinski definition) is 4. The number of carboxylic acids is 1. The summed E-state index contributed by atoms with van der Waals surface area (Å²) >= 11 is 0. The summed E-state index contributed by atoms with van der Waals surface area (Å²) < 4.78 is 10.9. The third kappa shape index (κ3) is 4.95. The number of ether oxygens (including phenoxy) is 2. The Bertz CT molecular complexity index is 917. The molecule has 0 atom stereocenters. The van der Waals surface area contributed by atoms with Crippen molar-refractivity contribution in [3.63, 3.8) is 0 Å². The van der Waals surface area contributed by atoms with Crippen molar-refractivity contribution in [2.24, 2.45) is 0 Å². The second kappa shape index (κ2) is 8.67. The fourth-order valence-corrected chi connectivity index (χ4v) is 2.51. The first-order valence-corrected chi connectivity index (χ1v) is 8.45. The van der Waals surface area contributed by atoms with Crippen LogP contribution >= 0.6 is 0 Å². The zero-order chi connectivity index (χ0) is 19.1. The van der Waals surface area contributed by atoms with Crippen molar-refractivity contribution in [3.8, 4) is 11.5 Å². The summed E-state index contributed by atoms with van der Waals surface area (Å²) in [4.78, 5) is 23.4. The molecular weight excluding hydrogens is 344 g/mol. The van der Waals surface area contributed by atoms with E-state index in [0.717, 1.165) is 6.42 Å². The quantitative estimate of drug-likeness (QED) is 0.503. The molecule has 3 aromatic carbocycles. The van der Waals surface area contributed by atoms with E-state index in [0.29, 0.717) is 17.9 Å².